The lowest BCUT2D eigenvalue weighted by molar-refractivity contribution is -0.253. The number of anilines is 1. The van der Waals surface area contributed by atoms with Gasteiger partial charge in [-0.05, 0) is 49.8 Å². The number of aromatic nitrogens is 1. The van der Waals surface area contributed by atoms with Crippen molar-refractivity contribution in [2.75, 3.05) is 12.1 Å². The summed E-state index contributed by atoms with van der Waals surface area (Å²) in [5.74, 6) is -2.03. The molecule has 0 spiro atoms. The molecule has 0 saturated heterocycles. The highest BCUT2D eigenvalue weighted by molar-refractivity contribution is 6.32. The number of carbonyl (C=O) groups excluding carboxylic acids is 2. The predicted molar refractivity (Wildman–Crippen MR) is 128 cm³/mol. The number of amides is 1. The molecule has 0 fully saturated rings. The number of hydrazone groups is 1. The molecule has 2 heterocycles. The van der Waals surface area contributed by atoms with Gasteiger partial charge >= 0.3 is 11.9 Å². The zero-order valence-corrected chi connectivity index (χ0v) is 19.3. The van der Waals surface area contributed by atoms with E-state index < -0.39 is 23.9 Å². The first-order valence-electron chi connectivity index (χ1n) is 10.7. The molecule has 1 unspecified atom stereocenters. The summed E-state index contributed by atoms with van der Waals surface area (Å²) in [6, 6.07) is 11.1. The van der Waals surface area contributed by atoms with Crippen molar-refractivity contribution in [2.45, 2.75) is 26.5 Å². The fourth-order valence-corrected chi connectivity index (χ4v) is 4.04. The molecular formula is C25H23N3O7. The van der Waals surface area contributed by atoms with Crippen molar-refractivity contribution in [2.24, 2.45) is 5.10 Å². The summed E-state index contributed by atoms with van der Waals surface area (Å²) in [5, 5.41) is 24.5. The van der Waals surface area contributed by atoms with Crippen molar-refractivity contribution in [3.63, 3.8) is 0 Å². The van der Waals surface area contributed by atoms with Crippen LogP contribution in [0, 0.1) is 0 Å². The normalized spacial score (nSPS) is 15.5. The van der Waals surface area contributed by atoms with Gasteiger partial charge in [-0.1, -0.05) is 18.2 Å². The van der Waals surface area contributed by atoms with Crippen LogP contribution in [0.1, 0.15) is 41.4 Å². The molecule has 2 N–H and O–H groups in total. The number of aromatic carboxylic acids is 1. The highest BCUT2D eigenvalue weighted by Crippen LogP contribution is 2.31. The molecule has 10 nitrogen and oxygen atoms in total. The van der Waals surface area contributed by atoms with Crippen molar-refractivity contribution in [1.82, 2.24) is 4.57 Å². The van der Waals surface area contributed by atoms with Crippen LogP contribution < -0.4 is 5.01 Å². The Morgan fingerprint density at radius 2 is 1.94 bits per heavy atom. The average molecular weight is 477 g/mol. The number of fused-ring (bicyclic) bond motifs is 1. The Kier molecular flexibility index (Phi) is 6.50. The van der Waals surface area contributed by atoms with Gasteiger partial charge in [-0.3, -0.25) is 10.1 Å². The lowest BCUT2D eigenvalue weighted by atomic mass is 10.1. The molecule has 1 aliphatic heterocycles. The van der Waals surface area contributed by atoms with Gasteiger partial charge in [0.15, 0.2) is 0 Å². The fourth-order valence-electron chi connectivity index (χ4n) is 4.04. The molecule has 0 aliphatic carbocycles. The van der Waals surface area contributed by atoms with E-state index >= 15 is 0 Å². The Balaban J connectivity index is 1.76. The van der Waals surface area contributed by atoms with Crippen LogP contribution in [0.4, 0.5) is 5.69 Å². The van der Waals surface area contributed by atoms with Crippen LogP contribution >= 0.6 is 0 Å². The highest BCUT2D eigenvalue weighted by atomic mass is 17.1. The zero-order chi connectivity index (χ0) is 25.3. The topological polar surface area (TPSA) is 131 Å². The number of hydrogen-bond acceptors (Lipinski definition) is 7. The van der Waals surface area contributed by atoms with Crippen LogP contribution in [0.15, 0.2) is 59.3 Å². The lowest BCUT2D eigenvalue weighted by Crippen LogP contribution is -2.22. The summed E-state index contributed by atoms with van der Waals surface area (Å²) in [7, 11) is 1.33. The maximum Gasteiger partial charge on any atom is 0.335 e. The molecule has 0 saturated carbocycles. The molecule has 1 aromatic heterocycles. The Bertz CT molecular complexity index is 1400. The molecule has 3 aromatic rings. The van der Waals surface area contributed by atoms with E-state index in [0.29, 0.717) is 22.4 Å². The number of benzene rings is 2. The number of carboxylic acids is 1. The third-order valence-corrected chi connectivity index (χ3v) is 5.79. The minimum Gasteiger partial charge on any atom is -0.478 e. The average Bonchev–Trinajstić information content (AvgIpc) is 3.36. The molecule has 35 heavy (non-hydrogen) atoms. The summed E-state index contributed by atoms with van der Waals surface area (Å²) in [6.45, 7) is 3.16. The standard InChI is InChI=1S/C25H23N3O7/c1-14-21(11-18-12-27(15(2)25(32)34-3)22-7-5-4-6-20(18)22)23(29)28(26-14)19-9-16(13-35-33)8-17(10-19)24(30)31/h4-12,15,33H,13H2,1-3H3,(H,30,31)/b21-11-. The van der Waals surface area contributed by atoms with Gasteiger partial charge in [0.05, 0.1) is 29.6 Å². The maximum absolute atomic E-state index is 13.3. The van der Waals surface area contributed by atoms with E-state index in [9.17, 15) is 19.5 Å². The first-order chi connectivity index (χ1) is 16.7. The highest BCUT2D eigenvalue weighted by Gasteiger charge is 2.30. The number of nitrogens with zero attached hydrogens (tertiary/aromatic N) is 3. The minimum absolute atomic E-state index is 0.0764. The summed E-state index contributed by atoms with van der Waals surface area (Å²) < 4.78 is 6.67. The number of methoxy groups -OCH3 is 1. The zero-order valence-electron chi connectivity index (χ0n) is 19.3. The number of carbonyl (C=O) groups is 3. The van der Waals surface area contributed by atoms with Crippen molar-refractivity contribution in [3.05, 3.63) is 70.9 Å². The van der Waals surface area contributed by atoms with E-state index in [1.54, 1.807) is 30.7 Å². The summed E-state index contributed by atoms with van der Waals surface area (Å²) in [4.78, 5) is 41.2. The molecule has 4 rings (SSSR count). The van der Waals surface area contributed by atoms with Gasteiger partial charge in [0.25, 0.3) is 5.91 Å². The molecule has 1 atom stereocenters. The summed E-state index contributed by atoms with van der Waals surface area (Å²) in [5.41, 5.74) is 2.79. The van der Waals surface area contributed by atoms with Crippen molar-refractivity contribution >= 4 is 46.2 Å². The molecule has 180 valence electrons. The van der Waals surface area contributed by atoms with Gasteiger partial charge in [-0.25, -0.2) is 14.5 Å². The van der Waals surface area contributed by atoms with Gasteiger partial charge < -0.3 is 14.4 Å². The molecule has 1 aliphatic rings. The Morgan fingerprint density at radius 3 is 2.63 bits per heavy atom. The number of rotatable bonds is 7. The van der Waals surface area contributed by atoms with E-state index in [4.69, 9.17) is 9.99 Å². The van der Waals surface area contributed by atoms with Crippen LogP contribution in [0.2, 0.25) is 0 Å². The van der Waals surface area contributed by atoms with Crippen LogP contribution in [-0.4, -0.2) is 45.6 Å². The van der Waals surface area contributed by atoms with Crippen molar-refractivity contribution in [1.29, 1.82) is 0 Å². The van der Waals surface area contributed by atoms with Gasteiger partial charge in [0.1, 0.15) is 12.6 Å². The minimum atomic E-state index is -1.19. The smallest absolute Gasteiger partial charge is 0.335 e. The Morgan fingerprint density at radius 1 is 1.20 bits per heavy atom. The lowest BCUT2D eigenvalue weighted by Gasteiger charge is -2.14. The first-order valence-corrected chi connectivity index (χ1v) is 10.7. The first kappa shape index (κ1) is 23.9. The number of para-hydroxylation sites is 1. The van der Waals surface area contributed by atoms with Crippen LogP contribution in [-0.2, 0) is 25.8 Å². The predicted octanol–water partition coefficient (Wildman–Crippen LogP) is 3.87. The fraction of sp³-hybridized carbons (Fsp3) is 0.200. The molecule has 10 heteroatoms. The Hall–Kier alpha value is -4.28. The summed E-state index contributed by atoms with van der Waals surface area (Å²) >= 11 is 0. The van der Waals surface area contributed by atoms with Gasteiger partial charge in [-0.15, -0.1) is 0 Å². The van der Waals surface area contributed by atoms with Crippen LogP contribution in [0.25, 0.3) is 17.0 Å². The van der Waals surface area contributed by atoms with Gasteiger partial charge in [0, 0.05) is 22.7 Å². The molecule has 1 amide bonds. The number of ether oxygens (including phenoxy) is 1. The quantitative estimate of drug-likeness (QED) is 0.229. The maximum atomic E-state index is 13.3. The third kappa shape index (κ3) is 4.44. The van der Waals surface area contributed by atoms with Gasteiger partial charge in [-0.2, -0.15) is 10.1 Å². The monoisotopic (exact) mass is 477 g/mol. The number of esters is 1. The third-order valence-electron chi connectivity index (χ3n) is 5.79. The van der Waals surface area contributed by atoms with Crippen molar-refractivity contribution < 1.29 is 34.4 Å². The van der Waals surface area contributed by atoms with E-state index in [-0.39, 0.29) is 17.9 Å². The largest absolute Gasteiger partial charge is 0.478 e. The Labute approximate surface area is 200 Å². The second kappa shape index (κ2) is 9.53. The van der Waals surface area contributed by atoms with E-state index in [2.05, 4.69) is 9.99 Å². The molecule has 0 bridgehead atoms. The molecule has 0 radical (unpaired) electrons. The van der Waals surface area contributed by atoms with E-state index in [1.807, 2.05) is 24.3 Å². The van der Waals surface area contributed by atoms with E-state index in [0.717, 1.165) is 15.9 Å². The second-order valence-corrected chi connectivity index (χ2v) is 8.04. The van der Waals surface area contributed by atoms with Crippen molar-refractivity contribution in [3.8, 4) is 0 Å². The van der Waals surface area contributed by atoms with E-state index in [1.165, 1.54) is 25.3 Å². The van der Waals surface area contributed by atoms with Crippen LogP contribution in [0.5, 0.6) is 0 Å². The SMILES string of the molecule is COC(=O)C(C)n1cc(/C=C2\C(=O)N(c3cc(COO)cc(C(=O)O)c3)N=C2C)c2ccccc21. The molecule has 2 aromatic carbocycles. The summed E-state index contributed by atoms with van der Waals surface area (Å²) in [6.07, 6.45) is 3.48. The van der Waals surface area contributed by atoms with Crippen LogP contribution in [0.3, 0.4) is 0 Å². The number of hydrogen-bond donors (Lipinski definition) is 2. The molecular weight excluding hydrogens is 454 g/mol. The number of carboxylic acid groups (broad SMARTS) is 1. The second-order valence-electron chi connectivity index (χ2n) is 8.04. The van der Waals surface area contributed by atoms with Gasteiger partial charge in [0.2, 0.25) is 0 Å².